The van der Waals surface area contributed by atoms with E-state index in [1.54, 1.807) is 20.3 Å². The summed E-state index contributed by atoms with van der Waals surface area (Å²) in [6.07, 6.45) is 6.84. The molecule has 0 aliphatic carbocycles. The Morgan fingerprint density at radius 3 is 2.28 bits per heavy atom. The first-order valence-corrected chi connectivity index (χ1v) is 13.3. The number of aromatic nitrogens is 1. The Morgan fingerprint density at radius 2 is 1.64 bits per heavy atom. The highest BCUT2D eigenvalue weighted by Gasteiger charge is 2.17. The van der Waals surface area contributed by atoms with Crippen molar-refractivity contribution in [3.8, 4) is 17.2 Å². The van der Waals surface area contributed by atoms with E-state index in [2.05, 4.69) is 38.3 Å². The van der Waals surface area contributed by atoms with Crippen LogP contribution >= 0.6 is 0 Å². The predicted molar refractivity (Wildman–Crippen MR) is 153 cm³/mol. The smallest absolute Gasteiger partial charge is 0.244 e. The average Bonchev–Trinajstić information content (AvgIpc) is 2.97. The van der Waals surface area contributed by atoms with Crippen LogP contribution in [0.25, 0.3) is 6.08 Å². The first-order chi connectivity index (χ1) is 19.0. The number of methoxy groups -OCH3 is 2. The number of ether oxygens (including phenoxy) is 3. The zero-order valence-electron chi connectivity index (χ0n) is 23.0. The third-order valence-corrected chi connectivity index (χ3v) is 6.66. The maximum absolute atomic E-state index is 12.3. The summed E-state index contributed by atoms with van der Waals surface area (Å²) in [6, 6.07) is 17.9. The second kappa shape index (κ2) is 14.3. The predicted octanol–water partition coefficient (Wildman–Crippen LogP) is 4.01. The summed E-state index contributed by atoms with van der Waals surface area (Å²) in [4.78, 5) is 21.5. The lowest BCUT2D eigenvalue weighted by Crippen LogP contribution is -2.45. The van der Waals surface area contributed by atoms with Crippen molar-refractivity contribution < 1.29 is 19.0 Å². The van der Waals surface area contributed by atoms with Crippen molar-refractivity contribution in [2.75, 3.05) is 46.9 Å². The van der Waals surface area contributed by atoms with Gasteiger partial charge in [-0.1, -0.05) is 24.3 Å². The summed E-state index contributed by atoms with van der Waals surface area (Å²) in [6.45, 7) is 8.45. The van der Waals surface area contributed by atoms with Crippen LogP contribution < -0.4 is 19.5 Å². The molecule has 1 fully saturated rings. The number of hydrogen-bond acceptors (Lipinski definition) is 7. The molecule has 1 aromatic heterocycles. The highest BCUT2D eigenvalue weighted by molar-refractivity contribution is 5.91. The quantitative estimate of drug-likeness (QED) is 0.355. The first-order valence-electron chi connectivity index (χ1n) is 13.3. The van der Waals surface area contributed by atoms with Crippen LogP contribution in [-0.2, 0) is 17.9 Å². The number of amides is 1. The lowest BCUT2D eigenvalue weighted by Gasteiger charge is -2.34. The van der Waals surface area contributed by atoms with Crippen LogP contribution in [0.1, 0.15) is 23.6 Å². The Hall–Kier alpha value is -3.88. The Balaban J connectivity index is 1.16. The lowest BCUT2D eigenvalue weighted by molar-refractivity contribution is -0.116. The molecule has 8 heteroatoms. The van der Waals surface area contributed by atoms with Crippen LogP contribution in [0.5, 0.6) is 17.2 Å². The summed E-state index contributed by atoms with van der Waals surface area (Å²) in [5.74, 6) is 1.87. The number of carbonyl (C=O) groups excluding carboxylic acids is 1. The second-order valence-corrected chi connectivity index (χ2v) is 9.68. The lowest BCUT2D eigenvalue weighted by atomic mass is 10.1. The van der Waals surface area contributed by atoms with Crippen LogP contribution in [0.3, 0.4) is 0 Å². The molecule has 2 heterocycles. The van der Waals surface area contributed by atoms with Crippen LogP contribution in [0.2, 0.25) is 0 Å². The molecule has 3 aromatic rings. The topological polar surface area (TPSA) is 76.2 Å². The standard InChI is InChI=1S/C31H38N4O4/c1-24(20-33-31(36)13-9-25-8-12-29(37-2)30(19-25)38-3)39-28-10-6-26(7-11-28)22-34-15-17-35(18-16-34)23-27-5-4-14-32-21-27/h4-14,19,21,24H,15-18,20,22-23H2,1-3H3,(H,33,36)/b13-9+/t24-/m1/s1. The fraction of sp³-hybridized carbons (Fsp3) is 0.355. The fourth-order valence-corrected chi connectivity index (χ4v) is 4.49. The van der Waals surface area contributed by atoms with Gasteiger partial charge in [0.05, 0.1) is 20.8 Å². The fourth-order valence-electron chi connectivity index (χ4n) is 4.49. The van der Waals surface area contributed by atoms with E-state index in [1.807, 2.05) is 55.7 Å². The summed E-state index contributed by atoms with van der Waals surface area (Å²) in [7, 11) is 3.17. The van der Waals surface area contributed by atoms with Crippen LogP contribution in [0, 0.1) is 0 Å². The largest absolute Gasteiger partial charge is 0.493 e. The van der Waals surface area contributed by atoms with Crippen molar-refractivity contribution >= 4 is 12.0 Å². The molecule has 2 aromatic carbocycles. The zero-order chi connectivity index (χ0) is 27.5. The van der Waals surface area contributed by atoms with Crippen LogP contribution in [0.15, 0.2) is 73.1 Å². The molecule has 8 nitrogen and oxygen atoms in total. The van der Waals surface area contributed by atoms with E-state index in [4.69, 9.17) is 14.2 Å². The van der Waals surface area contributed by atoms with Crippen LogP contribution in [-0.4, -0.2) is 73.7 Å². The Labute approximate surface area is 231 Å². The number of carbonyl (C=O) groups is 1. The van der Waals surface area contributed by atoms with Crippen molar-refractivity contribution in [2.45, 2.75) is 26.1 Å². The first kappa shape index (κ1) is 28.1. The Kier molecular flexibility index (Phi) is 10.3. The minimum atomic E-state index is -0.184. The normalized spacial score (nSPS) is 15.2. The van der Waals surface area contributed by atoms with Crippen molar-refractivity contribution in [2.24, 2.45) is 0 Å². The molecule has 1 aliphatic heterocycles. The van der Waals surface area contributed by atoms with E-state index in [-0.39, 0.29) is 12.0 Å². The molecule has 0 saturated carbocycles. The third-order valence-electron chi connectivity index (χ3n) is 6.66. The summed E-state index contributed by atoms with van der Waals surface area (Å²) in [5, 5.41) is 2.89. The molecule has 1 atom stereocenters. The van der Waals surface area contributed by atoms with Crippen molar-refractivity contribution in [3.63, 3.8) is 0 Å². The molecule has 1 aliphatic rings. The highest BCUT2D eigenvalue weighted by Crippen LogP contribution is 2.28. The molecular formula is C31H38N4O4. The molecule has 0 unspecified atom stereocenters. The van der Waals surface area contributed by atoms with Gasteiger partial charge in [-0.05, 0) is 60.0 Å². The van der Waals surface area contributed by atoms with Gasteiger partial charge in [-0.2, -0.15) is 0 Å². The minimum absolute atomic E-state index is 0.165. The average molecular weight is 531 g/mol. The molecule has 206 valence electrons. The van der Waals surface area contributed by atoms with E-state index >= 15 is 0 Å². The van der Waals surface area contributed by atoms with Gasteiger partial charge in [0.2, 0.25) is 5.91 Å². The van der Waals surface area contributed by atoms with E-state index in [9.17, 15) is 4.79 Å². The number of nitrogens with one attached hydrogen (secondary N) is 1. The number of nitrogens with zero attached hydrogens (tertiary/aromatic N) is 3. The molecule has 4 rings (SSSR count). The summed E-state index contributed by atoms with van der Waals surface area (Å²) >= 11 is 0. The summed E-state index contributed by atoms with van der Waals surface area (Å²) < 4.78 is 16.6. The van der Waals surface area contributed by atoms with Gasteiger partial charge in [0.25, 0.3) is 0 Å². The van der Waals surface area contributed by atoms with Gasteiger partial charge < -0.3 is 19.5 Å². The molecule has 0 bridgehead atoms. The molecule has 1 N–H and O–H groups in total. The number of pyridine rings is 1. The van der Waals surface area contributed by atoms with Crippen molar-refractivity contribution in [3.05, 3.63) is 89.8 Å². The number of piperazine rings is 1. The van der Waals surface area contributed by atoms with Gasteiger partial charge in [0, 0.05) is 57.7 Å². The van der Waals surface area contributed by atoms with E-state index in [1.165, 1.54) is 17.2 Å². The SMILES string of the molecule is COc1ccc(/C=C/C(=O)NC[C@@H](C)Oc2ccc(CN3CCN(Cc4cccnc4)CC3)cc2)cc1OC. The number of hydrogen-bond donors (Lipinski definition) is 1. The zero-order valence-corrected chi connectivity index (χ0v) is 23.0. The third kappa shape index (κ3) is 8.84. The second-order valence-electron chi connectivity index (χ2n) is 9.68. The molecule has 39 heavy (non-hydrogen) atoms. The Bertz CT molecular complexity index is 1210. The van der Waals surface area contributed by atoms with Gasteiger partial charge in [0.1, 0.15) is 11.9 Å². The van der Waals surface area contributed by atoms with E-state index < -0.39 is 0 Å². The van der Waals surface area contributed by atoms with E-state index in [0.717, 1.165) is 50.6 Å². The molecular weight excluding hydrogens is 492 g/mol. The number of benzene rings is 2. The monoisotopic (exact) mass is 530 g/mol. The van der Waals surface area contributed by atoms with E-state index in [0.29, 0.717) is 18.0 Å². The maximum Gasteiger partial charge on any atom is 0.244 e. The van der Waals surface area contributed by atoms with Crippen LogP contribution in [0.4, 0.5) is 0 Å². The molecule has 0 spiro atoms. The maximum atomic E-state index is 12.3. The van der Waals surface area contributed by atoms with Gasteiger partial charge in [-0.15, -0.1) is 0 Å². The van der Waals surface area contributed by atoms with Crippen molar-refractivity contribution in [1.82, 2.24) is 20.1 Å². The Morgan fingerprint density at radius 1 is 0.949 bits per heavy atom. The van der Waals surface area contributed by atoms with Gasteiger partial charge in [0.15, 0.2) is 11.5 Å². The number of rotatable bonds is 12. The van der Waals surface area contributed by atoms with Gasteiger partial charge in [-0.25, -0.2) is 0 Å². The van der Waals surface area contributed by atoms with Gasteiger partial charge in [-0.3, -0.25) is 19.6 Å². The molecule has 1 amide bonds. The highest BCUT2D eigenvalue weighted by atomic mass is 16.5. The minimum Gasteiger partial charge on any atom is -0.493 e. The van der Waals surface area contributed by atoms with Gasteiger partial charge >= 0.3 is 0 Å². The molecule has 0 radical (unpaired) electrons. The molecule has 1 saturated heterocycles. The van der Waals surface area contributed by atoms with Crippen molar-refractivity contribution in [1.29, 1.82) is 0 Å². The summed E-state index contributed by atoms with van der Waals surface area (Å²) in [5.41, 5.74) is 3.38.